The van der Waals surface area contributed by atoms with Crippen LogP contribution < -0.4 is 5.32 Å². The highest BCUT2D eigenvalue weighted by atomic mass is 19.4. The Hall–Kier alpha value is -3.47. The van der Waals surface area contributed by atoms with Gasteiger partial charge in [0.05, 0.1) is 18.4 Å². The number of hydrogen-bond donors (Lipinski definition) is 2. The molecule has 3 rings (SSSR count). The monoisotopic (exact) mass is 359 g/mol. The zero-order valence-corrected chi connectivity index (χ0v) is 13.2. The van der Waals surface area contributed by atoms with E-state index in [1.54, 1.807) is 12.1 Å². The number of benzene rings is 1. The van der Waals surface area contributed by atoms with Gasteiger partial charge in [0, 0.05) is 11.6 Å². The first-order chi connectivity index (χ1) is 12.4. The predicted octanol–water partition coefficient (Wildman–Crippen LogP) is 3.47. The molecule has 1 aromatic carbocycles. The van der Waals surface area contributed by atoms with Crippen molar-refractivity contribution in [2.75, 3.05) is 6.54 Å². The highest BCUT2D eigenvalue weighted by Crippen LogP contribution is 2.29. The maximum absolute atomic E-state index is 12.6. The number of furan rings is 1. The second kappa shape index (κ2) is 7.19. The average molecular weight is 359 g/mol. The highest BCUT2D eigenvalue weighted by molar-refractivity contribution is 5.93. The highest BCUT2D eigenvalue weighted by Gasteiger charge is 2.30. The van der Waals surface area contributed by atoms with Gasteiger partial charge in [-0.15, -0.1) is 0 Å². The van der Waals surface area contributed by atoms with Crippen LogP contribution in [-0.4, -0.2) is 22.6 Å². The smallest absolute Gasteiger partial charge is 0.416 e. The summed E-state index contributed by atoms with van der Waals surface area (Å²) in [6.07, 6.45) is -2.92. The van der Waals surface area contributed by atoms with Gasteiger partial charge in [0.1, 0.15) is 5.69 Å². The SMILES string of the molecule is O=C(NCC#Cc1cccc(C(F)(F)F)c1)c1cc(-c2ccco2)[nH]n1. The van der Waals surface area contributed by atoms with Gasteiger partial charge < -0.3 is 9.73 Å². The van der Waals surface area contributed by atoms with E-state index in [0.29, 0.717) is 11.5 Å². The molecular formula is C18H12F3N3O2. The Morgan fingerprint density at radius 3 is 2.81 bits per heavy atom. The molecule has 2 aromatic heterocycles. The van der Waals surface area contributed by atoms with E-state index in [4.69, 9.17) is 4.42 Å². The number of carbonyl (C=O) groups excluding carboxylic acids is 1. The van der Waals surface area contributed by atoms with Gasteiger partial charge in [0.25, 0.3) is 5.91 Å². The number of alkyl halides is 3. The normalized spacial score (nSPS) is 10.9. The van der Waals surface area contributed by atoms with Crippen molar-refractivity contribution in [3.05, 3.63) is 65.5 Å². The summed E-state index contributed by atoms with van der Waals surface area (Å²) in [5.41, 5.74) is 0.150. The number of hydrogen-bond acceptors (Lipinski definition) is 3. The fraction of sp³-hybridized carbons (Fsp3) is 0.111. The van der Waals surface area contributed by atoms with Crippen LogP contribution in [-0.2, 0) is 6.18 Å². The lowest BCUT2D eigenvalue weighted by molar-refractivity contribution is -0.137. The molecule has 0 radical (unpaired) electrons. The summed E-state index contributed by atoms with van der Waals surface area (Å²) in [7, 11) is 0. The fourth-order valence-corrected chi connectivity index (χ4v) is 2.13. The first-order valence-electron chi connectivity index (χ1n) is 7.47. The molecule has 0 fully saturated rings. The molecule has 2 heterocycles. The molecule has 0 unspecified atom stereocenters. The molecule has 132 valence electrons. The number of rotatable bonds is 3. The fourth-order valence-electron chi connectivity index (χ4n) is 2.13. The van der Waals surface area contributed by atoms with Crippen molar-refractivity contribution in [1.29, 1.82) is 0 Å². The molecule has 0 saturated heterocycles. The van der Waals surface area contributed by atoms with Gasteiger partial charge >= 0.3 is 6.18 Å². The van der Waals surface area contributed by atoms with E-state index in [-0.39, 0.29) is 17.8 Å². The van der Waals surface area contributed by atoms with Crippen molar-refractivity contribution in [1.82, 2.24) is 15.5 Å². The van der Waals surface area contributed by atoms with Gasteiger partial charge in [-0.25, -0.2) is 0 Å². The zero-order valence-electron chi connectivity index (χ0n) is 13.2. The summed E-state index contributed by atoms with van der Waals surface area (Å²) in [5, 5.41) is 9.08. The summed E-state index contributed by atoms with van der Waals surface area (Å²) < 4.78 is 43.1. The standard InChI is InChI=1S/C18H12F3N3O2/c19-18(20,21)13-6-1-4-12(10-13)5-2-8-22-17(25)15-11-14(23-24-15)16-7-3-9-26-16/h1,3-4,6-7,9-11H,8H2,(H,22,25)(H,23,24). The van der Waals surface area contributed by atoms with Crippen LogP contribution in [0.4, 0.5) is 13.2 Å². The van der Waals surface area contributed by atoms with Crippen LogP contribution in [0.15, 0.2) is 53.1 Å². The molecule has 1 amide bonds. The first-order valence-corrected chi connectivity index (χ1v) is 7.47. The van der Waals surface area contributed by atoms with Crippen molar-refractivity contribution in [2.45, 2.75) is 6.18 Å². The number of carbonyl (C=O) groups is 1. The number of aromatic nitrogens is 2. The Labute approximate surface area is 146 Å². The molecule has 0 saturated carbocycles. The Morgan fingerprint density at radius 2 is 2.08 bits per heavy atom. The summed E-state index contributed by atoms with van der Waals surface area (Å²) >= 11 is 0. The predicted molar refractivity (Wildman–Crippen MR) is 86.9 cm³/mol. The lowest BCUT2D eigenvalue weighted by Crippen LogP contribution is -2.23. The molecule has 2 N–H and O–H groups in total. The maximum Gasteiger partial charge on any atom is 0.416 e. The van der Waals surface area contributed by atoms with E-state index >= 15 is 0 Å². The first kappa shape index (κ1) is 17.4. The van der Waals surface area contributed by atoms with Crippen molar-refractivity contribution >= 4 is 5.91 Å². The molecule has 8 heteroatoms. The van der Waals surface area contributed by atoms with Crippen LogP contribution in [0, 0.1) is 11.8 Å². The van der Waals surface area contributed by atoms with Gasteiger partial charge in [0.15, 0.2) is 11.5 Å². The summed E-state index contributed by atoms with van der Waals surface area (Å²) in [5.74, 6) is 5.27. The quantitative estimate of drug-likeness (QED) is 0.704. The topological polar surface area (TPSA) is 70.9 Å². The van der Waals surface area contributed by atoms with Crippen LogP contribution in [0.3, 0.4) is 0 Å². The van der Waals surface area contributed by atoms with Gasteiger partial charge in [0.2, 0.25) is 0 Å². The summed E-state index contributed by atoms with van der Waals surface area (Å²) in [6.45, 7) is -0.0297. The molecule has 0 aliphatic heterocycles. The third kappa shape index (κ3) is 4.13. The number of halogens is 3. The Bertz CT molecular complexity index is 963. The van der Waals surface area contributed by atoms with E-state index in [0.717, 1.165) is 12.1 Å². The molecule has 3 aromatic rings. The van der Waals surface area contributed by atoms with E-state index in [1.807, 2.05) is 0 Å². The van der Waals surface area contributed by atoms with Crippen LogP contribution in [0.5, 0.6) is 0 Å². The lowest BCUT2D eigenvalue weighted by Gasteiger charge is -2.05. The van der Waals surface area contributed by atoms with Gasteiger partial charge in [-0.05, 0) is 30.3 Å². The number of nitrogens with zero attached hydrogens (tertiary/aromatic N) is 1. The number of nitrogens with one attached hydrogen (secondary N) is 2. The third-order valence-electron chi connectivity index (χ3n) is 3.36. The molecule has 0 bridgehead atoms. The Balaban J connectivity index is 1.59. The van der Waals surface area contributed by atoms with Crippen LogP contribution >= 0.6 is 0 Å². The molecular weight excluding hydrogens is 347 g/mol. The molecule has 0 spiro atoms. The van der Waals surface area contributed by atoms with E-state index in [1.165, 1.54) is 24.5 Å². The van der Waals surface area contributed by atoms with Crippen molar-refractivity contribution in [3.63, 3.8) is 0 Å². The molecule has 0 aliphatic rings. The number of H-pyrrole nitrogens is 1. The zero-order chi connectivity index (χ0) is 18.6. The minimum atomic E-state index is -4.42. The second-order valence-electron chi connectivity index (χ2n) is 5.21. The maximum atomic E-state index is 12.6. The second-order valence-corrected chi connectivity index (χ2v) is 5.21. The van der Waals surface area contributed by atoms with Gasteiger partial charge in [-0.2, -0.15) is 18.3 Å². The van der Waals surface area contributed by atoms with E-state index < -0.39 is 17.6 Å². The van der Waals surface area contributed by atoms with E-state index in [2.05, 4.69) is 27.4 Å². The number of amides is 1. The van der Waals surface area contributed by atoms with Crippen molar-refractivity contribution < 1.29 is 22.4 Å². The largest absolute Gasteiger partial charge is 0.463 e. The number of aromatic amines is 1. The van der Waals surface area contributed by atoms with Crippen molar-refractivity contribution in [3.8, 4) is 23.3 Å². The van der Waals surface area contributed by atoms with Crippen molar-refractivity contribution in [2.24, 2.45) is 0 Å². The lowest BCUT2D eigenvalue weighted by atomic mass is 10.1. The molecule has 26 heavy (non-hydrogen) atoms. The Kier molecular flexibility index (Phi) is 4.80. The van der Waals surface area contributed by atoms with E-state index in [9.17, 15) is 18.0 Å². The minimum absolute atomic E-state index is 0.0297. The van der Waals surface area contributed by atoms with Crippen LogP contribution in [0.2, 0.25) is 0 Å². The minimum Gasteiger partial charge on any atom is -0.463 e. The molecule has 0 aliphatic carbocycles. The van der Waals surface area contributed by atoms with Crippen LogP contribution in [0.1, 0.15) is 21.6 Å². The van der Waals surface area contributed by atoms with Gasteiger partial charge in [-0.3, -0.25) is 9.89 Å². The van der Waals surface area contributed by atoms with Gasteiger partial charge in [-0.1, -0.05) is 17.9 Å². The average Bonchev–Trinajstić information content (AvgIpc) is 3.29. The Morgan fingerprint density at radius 1 is 1.23 bits per heavy atom. The molecule has 0 atom stereocenters. The molecule has 5 nitrogen and oxygen atoms in total. The third-order valence-corrected chi connectivity index (χ3v) is 3.36. The summed E-state index contributed by atoms with van der Waals surface area (Å²) in [4.78, 5) is 12.0. The summed E-state index contributed by atoms with van der Waals surface area (Å²) in [6, 6.07) is 9.63. The van der Waals surface area contributed by atoms with Crippen LogP contribution in [0.25, 0.3) is 11.5 Å².